The summed E-state index contributed by atoms with van der Waals surface area (Å²) in [5.74, 6) is 0. The van der Waals surface area contributed by atoms with Crippen molar-refractivity contribution in [1.82, 2.24) is 0 Å². The molecule has 0 radical (unpaired) electrons. The molecular formula is C76H58N4. The molecule has 0 atom stereocenters. The molecule has 0 aliphatic carbocycles. The summed E-state index contributed by atoms with van der Waals surface area (Å²) in [6.07, 6.45) is 8.63. The molecule has 12 aromatic carbocycles. The lowest BCUT2D eigenvalue weighted by Gasteiger charge is -2.28. The third-order valence-electron chi connectivity index (χ3n) is 14.2. The number of anilines is 12. The van der Waals surface area contributed by atoms with Crippen LogP contribution in [-0.4, -0.2) is 0 Å². The van der Waals surface area contributed by atoms with Crippen molar-refractivity contribution in [2.75, 3.05) is 19.6 Å². The van der Waals surface area contributed by atoms with Gasteiger partial charge in [-0.05, 0) is 179 Å². The number of hydrogen-bond acceptors (Lipinski definition) is 4. The minimum Gasteiger partial charge on any atom is -0.311 e. The van der Waals surface area contributed by atoms with Gasteiger partial charge >= 0.3 is 0 Å². The Labute approximate surface area is 470 Å². The fraction of sp³-hybridized carbons (Fsp3) is 0. The molecule has 4 heteroatoms. The van der Waals surface area contributed by atoms with E-state index < -0.39 is 0 Å². The first-order valence-electron chi connectivity index (χ1n) is 27.1. The number of nitrogens with zero attached hydrogens (tertiary/aromatic N) is 4. The predicted octanol–water partition coefficient (Wildman–Crippen LogP) is 21.6. The third-order valence-corrected chi connectivity index (χ3v) is 14.2. The first-order chi connectivity index (χ1) is 39.7. The number of benzene rings is 12. The molecule has 0 saturated heterocycles. The third kappa shape index (κ3) is 11.7. The van der Waals surface area contributed by atoms with Gasteiger partial charge in [-0.15, -0.1) is 0 Å². The molecular weight excluding hydrogens is 969 g/mol. The molecule has 0 heterocycles. The molecule has 12 aromatic rings. The Balaban J connectivity index is 0.795. The highest BCUT2D eigenvalue weighted by atomic mass is 15.2. The first-order valence-corrected chi connectivity index (χ1v) is 27.1. The van der Waals surface area contributed by atoms with Gasteiger partial charge in [-0.1, -0.05) is 206 Å². The van der Waals surface area contributed by atoms with Crippen LogP contribution < -0.4 is 19.6 Å². The van der Waals surface area contributed by atoms with Gasteiger partial charge in [0.1, 0.15) is 0 Å². The number of rotatable bonds is 17. The average molecular weight is 1030 g/mol. The Morgan fingerprint density at radius 1 is 0.138 bits per heavy atom. The van der Waals surface area contributed by atoms with Crippen LogP contribution in [-0.2, 0) is 0 Å². The molecule has 0 fully saturated rings. The van der Waals surface area contributed by atoms with Gasteiger partial charge in [0.25, 0.3) is 0 Å². The van der Waals surface area contributed by atoms with Gasteiger partial charge in [0.15, 0.2) is 0 Å². The Bertz CT molecular complexity index is 3640. The van der Waals surface area contributed by atoms with Crippen LogP contribution in [0.4, 0.5) is 68.2 Å². The standard InChI is InChI=1S/C76H58N4/c1-7-19-59(20-8-1)31-33-61-35-43-69(44-36-61)77(65-23-11-3-12-24-65)73-51-55-75(56-52-73)79(67-27-15-5-16-28-67)71-47-39-63(40-48-71)64-41-49-72(50-42-64)80(68-29-17-6-18-30-68)76-57-53-74(54-58-76)78(66-25-13-4-14-26-66)70-45-37-62(38-46-70)34-32-60-21-9-2-10-22-60/h1-58H/b33-31+,34-32+. The molecule has 0 unspecified atom stereocenters. The van der Waals surface area contributed by atoms with E-state index in [1.165, 1.54) is 11.1 Å². The molecule has 0 bridgehead atoms. The summed E-state index contributed by atoms with van der Waals surface area (Å²) in [4.78, 5) is 9.26. The molecule has 0 amide bonds. The molecule has 0 N–H and O–H groups in total. The van der Waals surface area contributed by atoms with Crippen LogP contribution in [0.25, 0.3) is 35.4 Å². The Kier molecular flexibility index (Phi) is 15.1. The Morgan fingerprint density at radius 3 is 0.500 bits per heavy atom. The van der Waals surface area contributed by atoms with E-state index in [1.54, 1.807) is 0 Å². The molecule has 0 spiro atoms. The van der Waals surface area contributed by atoms with Crippen LogP contribution in [0, 0.1) is 0 Å². The van der Waals surface area contributed by atoms with Gasteiger partial charge < -0.3 is 19.6 Å². The quantitative estimate of drug-likeness (QED) is 0.0843. The van der Waals surface area contributed by atoms with Gasteiger partial charge in [-0.2, -0.15) is 0 Å². The maximum Gasteiger partial charge on any atom is 0.0463 e. The van der Waals surface area contributed by atoms with E-state index in [9.17, 15) is 0 Å². The first kappa shape index (κ1) is 50.2. The average Bonchev–Trinajstić information content (AvgIpc) is 3.57. The van der Waals surface area contributed by atoms with Gasteiger partial charge in [-0.25, -0.2) is 0 Å². The van der Waals surface area contributed by atoms with Gasteiger partial charge in [0, 0.05) is 68.2 Å². The second kappa shape index (κ2) is 24.1. The molecule has 80 heavy (non-hydrogen) atoms. The van der Waals surface area contributed by atoms with Crippen molar-refractivity contribution >= 4 is 92.6 Å². The van der Waals surface area contributed by atoms with Crippen molar-refractivity contribution in [3.05, 3.63) is 350 Å². The summed E-state index contributed by atoms with van der Waals surface area (Å²) in [6.45, 7) is 0. The minimum absolute atomic E-state index is 1.06. The zero-order valence-electron chi connectivity index (χ0n) is 44.3. The smallest absolute Gasteiger partial charge is 0.0463 e. The number of para-hydroxylation sites is 4. The normalized spacial score (nSPS) is 11.2. The largest absolute Gasteiger partial charge is 0.311 e. The van der Waals surface area contributed by atoms with Crippen molar-refractivity contribution < 1.29 is 0 Å². The molecule has 0 aromatic heterocycles. The van der Waals surface area contributed by atoms with Crippen LogP contribution in [0.1, 0.15) is 22.3 Å². The fourth-order valence-electron chi connectivity index (χ4n) is 10.2. The molecule has 0 aliphatic heterocycles. The van der Waals surface area contributed by atoms with Crippen molar-refractivity contribution in [3.63, 3.8) is 0 Å². The van der Waals surface area contributed by atoms with Crippen LogP contribution in [0.2, 0.25) is 0 Å². The lowest BCUT2D eigenvalue weighted by atomic mass is 10.0. The Morgan fingerprint density at radius 2 is 0.287 bits per heavy atom. The molecule has 12 rings (SSSR count). The van der Waals surface area contributed by atoms with Crippen molar-refractivity contribution in [3.8, 4) is 11.1 Å². The summed E-state index contributed by atoms with van der Waals surface area (Å²) in [5.41, 5.74) is 19.9. The molecule has 0 saturated carbocycles. The molecule has 382 valence electrons. The van der Waals surface area contributed by atoms with E-state index in [0.717, 1.165) is 90.5 Å². The molecule has 4 nitrogen and oxygen atoms in total. The zero-order chi connectivity index (χ0) is 53.7. The van der Waals surface area contributed by atoms with E-state index in [0.29, 0.717) is 0 Å². The molecule has 0 aliphatic rings. The fourth-order valence-corrected chi connectivity index (χ4v) is 10.2. The Hall–Kier alpha value is -10.7. The van der Waals surface area contributed by atoms with Crippen LogP contribution >= 0.6 is 0 Å². The minimum atomic E-state index is 1.06. The summed E-state index contributed by atoms with van der Waals surface area (Å²) in [6, 6.07) is 116. The lowest BCUT2D eigenvalue weighted by Crippen LogP contribution is -2.12. The number of hydrogen-bond donors (Lipinski definition) is 0. The van der Waals surface area contributed by atoms with Crippen molar-refractivity contribution in [1.29, 1.82) is 0 Å². The highest BCUT2D eigenvalue weighted by Gasteiger charge is 2.19. The predicted molar refractivity (Wildman–Crippen MR) is 341 cm³/mol. The second-order valence-electron chi connectivity index (χ2n) is 19.5. The van der Waals surface area contributed by atoms with E-state index in [4.69, 9.17) is 0 Å². The SMILES string of the molecule is C(=C\c1ccc(N(c2ccccc2)c2ccc(N(c3ccccc3)c3ccc(-c4ccc(N(c5ccccc5)c5ccc(N(c6ccccc6)c6ccc(/C=C/c7ccccc7)cc6)cc5)cc4)cc3)cc2)cc1)/c1ccccc1. The maximum absolute atomic E-state index is 2.32. The van der Waals surface area contributed by atoms with Crippen LogP contribution in [0.15, 0.2) is 328 Å². The van der Waals surface area contributed by atoms with Crippen LogP contribution in [0.3, 0.4) is 0 Å². The summed E-state index contributed by atoms with van der Waals surface area (Å²) in [5, 5.41) is 0. The zero-order valence-corrected chi connectivity index (χ0v) is 44.3. The van der Waals surface area contributed by atoms with Gasteiger partial charge in [-0.3, -0.25) is 0 Å². The summed E-state index contributed by atoms with van der Waals surface area (Å²) >= 11 is 0. The monoisotopic (exact) mass is 1030 g/mol. The van der Waals surface area contributed by atoms with Crippen LogP contribution in [0.5, 0.6) is 0 Å². The van der Waals surface area contributed by atoms with E-state index in [-0.39, 0.29) is 0 Å². The highest BCUT2D eigenvalue weighted by molar-refractivity contribution is 5.85. The lowest BCUT2D eigenvalue weighted by molar-refractivity contribution is 1.25. The van der Waals surface area contributed by atoms with E-state index in [2.05, 4.69) is 359 Å². The van der Waals surface area contributed by atoms with E-state index in [1.807, 2.05) is 12.1 Å². The van der Waals surface area contributed by atoms with Crippen molar-refractivity contribution in [2.24, 2.45) is 0 Å². The summed E-state index contributed by atoms with van der Waals surface area (Å²) < 4.78 is 0. The second-order valence-corrected chi connectivity index (χ2v) is 19.5. The van der Waals surface area contributed by atoms with Gasteiger partial charge in [0.2, 0.25) is 0 Å². The van der Waals surface area contributed by atoms with Gasteiger partial charge in [0.05, 0.1) is 0 Å². The van der Waals surface area contributed by atoms with Crippen molar-refractivity contribution in [2.45, 2.75) is 0 Å². The maximum atomic E-state index is 2.32. The highest BCUT2D eigenvalue weighted by Crippen LogP contribution is 2.42. The topological polar surface area (TPSA) is 13.0 Å². The van der Waals surface area contributed by atoms with E-state index >= 15 is 0 Å². The summed E-state index contributed by atoms with van der Waals surface area (Å²) in [7, 11) is 0.